The summed E-state index contributed by atoms with van der Waals surface area (Å²) in [4.78, 5) is 19.2. The van der Waals surface area contributed by atoms with Crippen molar-refractivity contribution in [3.63, 3.8) is 0 Å². The van der Waals surface area contributed by atoms with Crippen LogP contribution in [0.4, 0.5) is 0 Å². The van der Waals surface area contributed by atoms with E-state index in [0.29, 0.717) is 18.1 Å². The van der Waals surface area contributed by atoms with Crippen molar-refractivity contribution in [1.82, 2.24) is 35.1 Å². The summed E-state index contributed by atoms with van der Waals surface area (Å²) in [6.45, 7) is 0.691. The Hall–Kier alpha value is -3.03. The van der Waals surface area contributed by atoms with Gasteiger partial charge in [-0.25, -0.2) is 9.67 Å². The number of rotatable bonds is 3. The Bertz CT molecular complexity index is 854. The second-order valence-corrected chi connectivity index (χ2v) is 5.81. The van der Waals surface area contributed by atoms with Gasteiger partial charge in [0.25, 0.3) is 5.91 Å². The maximum atomic E-state index is 12.8. The highest BCUT2D eigenvalue weighted by Crippen LogP contribution is 2.31. The normalized spacial score (nSPS) is 17.4. The van der Waals surface area contributed by atoms with Gasteiger partial charge < -0.3 is 4.90 Å². The summed E-state index contributed by atoms with van der Waals surface area (Å²) in [5.41, 5.74) is 1.43. The molecule has 1 saturated heterocycles. The van der Waals surface area contributed by atoms with Gasteiger partial charge >= 0.3 is 0 Å². The molecule has 1 aliphatic heterocycles. The molecule has 1 fully saturated rings. The molecular formula is C16H17N7O. The van der Waals surface area contributed by atoms with Gasteiger partial charge in [-0.1, -0.05) is 35.5 Å². The predicted molar refractivity (Wildman–Crippen MR) is 85.8 cm³/mol. The molecule has 2 aromatic heterocycles. The van der Waals surface area contributed by atoms with E-state index in [4.69, 9.17) is 0 Å². The molecule has 0 bridgehead atoms. The minimum Gasteiger partial charge on any atom is -0.327 e. The molecule has 24 heavy (non-hydrogen) atoms. The summed E-state index contributed by atoms with van der Waals surface area (Å²) in [5.74, 6) is 1.28. The van der Waals surface area contributed by atoms with Crippen molar-refractivity contribution in [2.45, 2.75) is 18.9 Å². The highest BCUT2D eigenvalue weighted by atomic mass is 16.2. The molecule has 4 rings (SSSR count). The van der Waals surface area contributed by atoms with Crippen molar-refractivity contribution in [1.29, 1.82) is 0 Å². The standard InChI is InChI=1S/C16H17N7O/c1-22-13(10-17-21-22)16(24)23-9-5-8-12(23)15-18-14(19-20-15)11-6-3-2-4-7-11/h2-4,6-7,10,12H,5,8-9H2,1H3,(H,18,19,20). The summed E-state index contributed by atoms with van der Waals surface area (Å²) in [7, 11) is 1.72. The molecule has 3 aromatic rings. The number of amides is 1. The molecule has 1 atom stereocenters. The van der Waals surface area contributed by atoms with E-state index in [-0.39, 0.29) is 11.9 Å². The lowest BCUT2D eigenvalue weighted by atomic mass is 10.2. The molecule has 0 aliphatic carbocycles. The number of aromatic amines is 1. The molecule has 1 aromatic carbocycles. The van der Waals surface area contributed by atoms with Crippen molar-refractivity contribution in [2.24, 2.45) is 7.05 Å². The van der Waals surface area contributed by atoms with Crippen LogP contribution in [-0.4, -0.2) is 47.5 Å². The topological polar surface area (TPSA) is 92.6 Å². The van der Waals surface area contributed by atoms with E-state index in [0.717, 1.165) is 24.2 Å². The molecule has 1 unspecified atom stereocenters. The molecule has 3 heterocycles. The number of carbonyl (C=O) groups excluding carboxylic acids is 1. The van der Waals surface area contributed by atoms with Gasteiger partial charge in [0.05, 0.1) is 12.2 Å². The maximum Gasteiger partial charge on any atom is 0.274 e. The monoisotopic (exact) mass is 323 g/mol. The van der Waals surface area contributed by atoms with Crippen LogP contribution >= 0.6 is 0 Å². The van der Waals surface area contributed by atoms with Crippen LogP contribution in [0.3, 0.4) is 0 Å². The molecule has 0 radical (unpaired) electrons. The smallest absolute Gasteiger partial charge is 0.274 e. The Morgan fingerprint density at radius 1 is 1.29 bits per heavy atom. The Morgan fingerprint density at radius 2 is 2.12 bits per heavy atom. The second-order valence-electron chi connectivity index (χ2n) is 5.81. The number of nitrogens with zero attached hydrogens (tertiary/aromatic N) is 6. The van der Waals surface area contributed by atoms with Gasteiger partial charge in [-0.05, 0) is 12.8 Å². The largest absolute Gasteiger partial charge is 0.327 e. The van der Waals surface area contributed by atoms with E-state index < -0.39 is 0 Å². The fourth-order valence-electron chi connectivity index (χ4n) is 3.06. The van der Waals surface area contributed by atoms with Crippen LogP contribution < -0.4 is 0 Å². The van der Waals surface area contributed by atoms with Crippen molar-refractivity contribution in [3.05, 3.63) is 48.0 Å². The minimum atomic E-state index is -0.0997. The first kappa shape index (κ1) is 14.6. The third-order valence-electron chi connectivity index (χ3n) is 4.30. The molecule has 122 valence electrons. The molecule has 1 amide bonds. The molecule has 0 saturated carbocycles. The fourth-order valence-corrected chi connectivity index (χ4v) is 3.06. The van der Waals surface area contributed by atoms with Crippen LogP contribution in [0.5, 0.6) is 0 Å². The van der Waals surface area contributed by atoms with Crippen molar-refractivity contribution < 1.29 is 4.79 Å². The van der Waals surface area contributed by atoms with Crippen molar-refractivity contribution in [3.8, 4) is 11.4 Å². The van der Waals surface area contributed by atoms with E-state index in [2.05, 4.69) is 25.5 Å². The summed E-state index contributed by atoms with van der Waals surface area (Å²) in [5, 5.41) is 14.9. The SMILES string of the molecule is Cn1nncc1C(=O)N1CCCC1c1nc(-c2ccccc2)n[nH]1. The van der Waals surface area contributed by atoms with Gasteiger partial charge in [0.2, 0.25) is 0 Å². The molecular weight excluding hydrogens is 306 g/mol. The van der Waals surface area contributed by atoms with Crippen LogP contribution in [0.15, 0.2) is 36.5 Å². The summed E-state index contributed by atoms with van der Waals surface area (Å²) >= 11 is 0. The molecule has 1 N–H and O–H groups in total. The lowest BCUT2D eigenvalue weighted by Gasteiger charge is -2.22. The van der Waals surface area contributed by atoms with Gasteiger partial charge in [-0.15, -0.1) is 5.10 Å². The number of carbonyl (C=O) groups is 1. The number of likely N-dealkylation sites (tertiary alicyclic amines) is 1. The Kier molecular flexibility index (Phi) is 3.56. The number of hydrogen-bond donors (Lipinski definition) is 1. The highest BCUT2D eigenvalue weighted by molar-refractivity contribution is 5.92. The zero-order chi connectivity index (χ0) is 16.5. The summed E-state index contributed by atoms with van der Waals surface area (Å²) in [6, 6.07) is 9.68. The van der Waals surface area contributed by atoms with Gasteiger partial charge in [-0.2, -0.15) is 5.10 Å². The van der Waals surface area contributed by atoms with Crippen LogP contribution in [0.2, 0.25) is 0 Å². The number of aromatic nitrogens is 6. The highest BCUT2D eigenvalue weighted by Gasteiger charge is 2.34. The molecule has 1 aliphatic rings. The summed E-state index contributed by atoms with van der Waals surface area (Å²) in [6.07, 6.45) is 3.29. The number of nitrogens with one attached hydrogen (secondary N) is 1. The van der Waals surface area contributed by atoms with Gasteiger partial charge in [0.15, 0.2) is 5.82 Å². The Labute approximate surface area is 138 Å². The van der Waals surface area contributed by atoms with Crippen LogP contribution in [0.25, 0.3) is 11.4 Å². The summed E-state index contributed by atoms with van der Waals surface area (Å²) < 4.78 is 1.49. The first-order valence-corrected chi connectivity index (χ1v) is 7.87. The van der Waals surface area contributed by atoms with Gasteiger partial charge in [0, 0.05) is 19.2 Å². The quantitative estimate of drug-likeness (QED) is 0.790. The van der Waals surface area contributed by atoms with Gasteiger partial charge in [0.1, 0.15) is 11.5 Å². The molecule has 8 heteroatoms. The molecule has 8 nitrogen and oxygen atoms in total. The number of hydrogen-bond acceptors (Lipinski definition) is 5. The van der Waals surface area contributed by atoms with Crippen LogP contribution in [-0.2, 0) is 7.05 Å². The average Bonchev–Trinajstić information content (AvgIpc) is 3.35. The number of benzene rings is 1. The zero-order valence-corrected chi connectivity index (χ0v) is 13.3. The second kappa shape index (κ2) is 5.88. The third kappa shape index (κ3) is 2.45. The first-order chi connectivity index (χ1) is 11.7. The predicted octanol–water partition coefficient (Wildman–Crippen LogP) is 1.58. The van der Waals surface area contributed by atoms with Gasteiger partial charge in [-0.3, -0.25) is 9.89 Å². The van der Waals surface area contributed by atoms with E-state index >= 15 is 0 Å². The molecule has 0 spiro atoms. The number of aryl methyl sites for hydroxylation is 1. The lowest BCUT2D eigenvalue weighted by Crippen LogP contribution is -2.32. The zero-order valence-electron chi connectivity index (χ0n) is 13.3. The van der Waals surface area contributed by atoms with Crippen LogP contribution in [0.1, 0.15) is 35.2 Å². The average molecular weight is 323 g/mol. The Morgan fingerprint density at radius 3 is 2.88 bits per heavy atom. The van der Waals surface area contributed by atoms with Crippen LogP contribution in [0, 0.1) is 0 Å². The fraction of sp³-hybridized carbons (Fsp3) is 0.312. The van der Waals surface area contributed by atoms with Crippen molar-refractivity contribution in [2.75, 3.05) is 6.54 Å². The van der Waals surface area contributed by atoms with E-state index in [1.165, 1.54) is 10.9 Å². The third-order valence-corrected chi connectivity index (χ3v) is 4.30. The minimum absolute atomic E-state index is 0.0809. The van der Waals surface area contributed by atoms with E-state index in [1.807, 2.05) is 35.2 Å². The Balaban J connectivity index is 1.61. The van der Waals surface area contributed by atoms with E-state index in [1.54, 1.807) is 7.05 Å². The van der Waals surface area contributed by atoms with Crippen molar-refractivity contribution >= 4 is 5.91 Å². The maximum absolute atomic E-state index is 12.8. The van der Waals surface area contributed by atoms with E-state index in [9.17, 15) is 4.79 Å². The first-order valence-electron chi connectivity index (χ1n) is 7.87. The number of H-pyrrole nitrogens is 1. The lowest BCUT2D eigenvalue weighted by molar-refractivity contribution is 0.0719.